The van der Waals surface area contributed by atoms with Crippen molar-refractivity contribution >= 4 is 39.3 Å². The second kappa shape index (κ2) is 9.21. The molecule has 2 N–H and O–H groups in total. The Morgan fingerprint density at radius 3 is 2.62 bits per heavy atom. The van der Waals surface area contributed by atoms with Gasteiger partial charge in [0, 0.05) is 13.1 Å². The van der Waals surface area contributed by atoms with Crippen molar-refractivity contribution in [1.29, 1.82) is 0 Å². The second-order valence-electron chi connectivity index (χ2n) is 5.31. The quantitative estimate of drug-likeness (QED) is 0.641. The van der Waals surface area contributed by atoms with Crippen molar-refractivity contribution in [3.05, 3.63) is 18.2 Å². The standard InChI is InChI=1S/C15H20N2O7S2/c1-23-13-3-2-11(26(21,22)17-4-6-24-7-5-17)8-12(13)16-14(18)9-25-10-15(19)20/h2-3,8H,4-7,9-10H2,1H3,(H,16,18)(H,19,20). The zero-order valence-corrected chi connectivity index (χ0v) is 15.8. The number of carbonyl (C=O) groups excluding carboxylic acids is 1. The molecule has 1 fully saturated rings. The lowest BCUT2D eigenvalue weighted by Crippen LogP contribution is -2.40. The van der Waals surface area contributed by atoms with Gasteiger partial charge in [-0.25, -0.2) is 8.42 Å². The molecule has 2 rings (SSSR count). The minimum absolute atomic E-state index is 0.0358. The van der Waals surface area contributed by atoms with Crippen LogP contribution in [0.25, 0.3) is 0 Å². The van der Waals surface area contributed by atoms with E-state index in [9.17, 15) is 18.0 Å². The van der Waals surface area contributed by atoms with Gasteiger partial charge in [0.15, 0.2) is 0 Å². The highest BCUT2D eigenvalue weighted by atomic mass is 32.2. The SMILES string of the molecule is COc1ccc(S(=O)(=O)N2CCOCC2)cc1NC(=O)CSCC(=O)O. The van der Waals surface area contributed by atoms with Crippen LogP contribution >= 0.6 is 11.8 Å². The molecule has 1 aliphatic heterocycles. The predicted octanol–water partition coefficient (Wildman–Crippen LogP) is 0.472. The van der Waals surface area contributed by atoms with Gasteiger partial charge in [-0.15, -0.1) is 11.8 Å². The van der Waals surface area contributed by atoms with E-state index in [-0.39, 0.29) is 35.2 Å². The number of nitrogens with zero attached hydrogens (tertiary/aromatic N) is 1. The van der Waals surface area contributed by atoms with E-state index < -0.39 is 21.9 Å². The Kier molecular flexibility index (Phi) is 7.26. The lowest BCUT2D eigenvalue weighted by Gasteiger charge is -2.26. The Balaban J connectivity index is 2.17. The van der Waals surface area contributed by atoms with Crippen LogP contribution in [0.4, 0.5) is 5.69 Å². The van der Waals surface area contributed by atoms with E-state index in [1.165, 1.54) is 29.6 Å². The summed E-state index contributed by atoms with van der Waals surface area (Å²) in [5, 5.41) is 11.2. The summed E-state index contributed by atoms with van der Waals surface area (Å²) in [6.45, 7) is 1.20. The molecule has 1 saturated heterocycles. The van der Waals surface area contributed by atoms with E-state index in [2.05, 4.69) is 5.32 Å². The fourth-order valence-corrected chi connectivity index (χ4v) is 4.27. The third-order valence-corrected chi connectivity index (χ3v) is 6.32. The number of thioether (sulfide) groups is 1. The molecule has 0 bridgehead atoms. The number of rotatable bonds is 8. The Morgan fingerprint density at radius 1 is 1.31 bits per heavy atom. The molecule has 0 unspecified atom stereocenters. The summed E-state index contributed by atoms with van der Waals surface area (Å²) in [4.78, 5) is 22.5. The number of aliphatic carboxylic acids is 1. The summed E-state index contributed by atoms with van der Waals surface area (Å²) in [5.74, 6) is -1.43. The molecule has 0 radical (unpaired) electrons. The molecular formula is C15H20N2O7S2. The van der Waals surface area contributed by atoms with Crippen molar-refractivity contribution in [2.24, 2.45) is 0 Å². The number of anilines is 1. The first-order valence-electron chi connectivity index (χ1n) is 7.70. The highest BCUT2D eigenvalue weighted by Crippen LogP contribution is 2.29. The fraction of sp³-hybridized carbons (Fsp3) is 0.467. The maximum atomic E-state index is 12.7. The number of ether oxygens (including phenoxy) is 2. The van der Waals surface area contributed by atoms with Crippen LogP contribution < -0.4 is 10.1 Å². The van der Waals surface area contributed by atoms with Crippen molar-refractivity contribution < 1.29 is 32.6 Å². The number of amides is 1. The highest BCUT2D eigenvalue weighted by molar-refractivity contribution is 8.00. The third kappa shape index (κ3) is 5.34. The van der Waals surface area contributed by atoms with Gasteiger partial charge in [0.1, 0.15) is 5.75 Å². The maximum Gasteiger partial charge on any atom is 0.313 e. The van der Waals surface area contributed by atoms with E-state index in [4.69, 9.17) is 14.6 Å². The van der Waals surface area contributed by atoms with E-state index in [1.807, 2.05) is 0 Å². The Morgan fingerprint density at radius 2 is 2.00 bits per heavy atom. The molecule has 1 amide bonds. The molecule has 0 aromatic heterocycles. The summed E-state index contributed by atoms with van der Waals surface area (Å²) < 4.78 is 37.1. The largest absolute Gasteiger partial charge is 0.495 e. The molecule has 1 aromatic carbocycles. The number of benzene rings is 1. The first-order chi connectivity index (χ1) is 12.3. The van der Waals surface area contributed by atoms with Crippen molar-refractivity contribution in [3.63, 3.8) is 0 Å². The molecule has 1 aliphatic rings. The van der Waals surface area contributed by atoms with Crippen molar-refractivity contribution in [2.75, 3.05) is 50.2 Å². The van der Waals surface area contributed by atoms with Crippen LogP contribution in [0.3, 0.4) is 0 Å². The molecule has 1 heterocycles. The van der Waals surface area contributed by atoms with Crippen LogP contribution in [-0.2, 0) is 24.3 Å². The summed E-state index contributed by atoms with van der Waals surface area (Å²) in [6.07, 6.45) is 0. The first kappa shape index (κ1) is 20.5. The lowest BCUT2D eigenvalue weighted by atomic mass is 10.3. The van der Waals surface area contributed by atoms with Gasteiger partial charge in [0.05, 0.1) is 42.4 Å². The molecule has 1 aromatic rings. The highest BCUT2D eigenvalue weighted by Gasteiger charge is 2.27. The second-order valence-corrected chi connectivity index (χ2v) is 8.24. The number of morpholine rings is 1. The average Bonchev–Trinajstić information content (AvgIpc) is 2.62. The number of methoxy groups -OCH3 is 1. The molecule has 26 heavy (non-hydrogen) atoms. The normalized spacial score (nSPS) is 15.4. The molecule has 11 heteroatoms. The van der Waals surface area contributed by atoms with Gasteiger partial charge in [-0.05, 0) is 18.2 Å². The molecule has 0 spiro atoms. The Labute approximate surface area is 155 Å². The monoisotopic (exact) mass is 404 g/mol. The Bertz CT molecular complexity index is 761. The van der Waals surface area contributed by atoms with E-state index >= 15 is 0 Å². The molecular weight excluding hydrogens is 384 g/mol. The maximum absolute atomic E-state index is 12.7. The van der Waals surface area contributed by atoms with Gasteiger partial charge in [-0.2, -0.15) is 4.31 Å². The first-order valence-corrected chi connectivity index (χ1v) is 10.3. The average molecular weight is 404 g/mol. The third-order valence-electron chi connectivity index (χ3n) is 3.51. The smallest absolute Gasteiger partial charge is 0.313 e. The summed E-state index contributed by atoms with van der Waals surface area (Å²) in [7, 11) is -2.31. The summed E-state index contributed by atoms with van der Waals surface area (Å²) in [5.41, 5.74) is 0.211. The van der Waals surface area contributed by atoms with E-state index in [0.717, 1.165) is 11.8 Å². The lowest BCUT2D eigenvalue weighted by molar-refractivity contribution is -0.133. The van der Waals surface area contributed by atoms with Crippen LogP contribution in [0.15, 0.2) is 23.1 Å². The molecule has 144 valence electrons. The minimum atomic E-state index is -3.71. The zero-order valence-electron chi connectivity index (χ0n) is 14.1. The van der Waals surface area contributed by atoms with Crippen LogP contribution in [0.5, 0.6) is 5.75 Å². The molecule has 0 saturated carbocycles. The summed E-state index contributed by atoms with van der Waals surface area (Å²) >= 11 is 0.942. The van der Waals surface area contributed by atoms with Gasteiger partial charge >= 0.3 is 5.97 Å². The number of hydrogen-bond donors (Lipinski definition) is 2. The predicted molar refractivity (Wildman–Crippen MR) is 96.2 cm³/mol. The number of nitrogens with one attached hydrogen (secondary N) is 1. The Hall–Kier alpha value is -1.82. The van der Waals surface area contributed by atoms with Gasteiger partial charge in [0.25, 0.3) is 0 Å². The van der Waals surface area contributed by atoms with E-state index in [0.29, 0.717) is 19.0 Å². The van der Waals surface area contributed by atoms with Crippen molar-refractivity contribution in [2.45, 2.75) is 4.90 Å². The number of carboxylic acid groups (broad SMARTS) is 1. The van der Waals surface area contributed by atoms with Crippen molar-refractivity contribution in [3.8, 4) is 5.75 Å². The van der Waals surface area contributed by atoms with Gasteiger partial charge < -0.3 is 19.9 Å². The number of carbonyl (C=O) groups is 2. The van der Waals surface area contributed by atoms with Crippen LogP contribution in [0, 0.1) is 0 Å². The van der Waals surface area contributed by atoms with Crippen LogP contribution in [0.2, 0.25) is 0 Å². The zero-order chi connectivity index (χ0) is 19.2. The van der Waals surface area contributed by atoms with Crippen molar-refractivity contribution in [1.82, 2.24) is 4.31 Å². The number of hydrogen-bond acceptors (Lipinski definition) is 7. The van der Waals surface area contributed by atoms with Gasteiger partial charge in [0.2, 0.25) is 15.9 Å². The molecule has 0 aliphatic carbocycles. The topological polar surface area (TPSA) is 122 Å². The van der Waals surface area contributed by atoms with Crippen LogP contribution in [0.1, 0.15) is 0 Å². The van der Waals surface area contributed by atoms with E-state index in [1.54, 1.807) is 0 Å². The van der Waals surface area contributed by atoms with Gasteiger partial charge in [-0.3, -0.25) is 9.59 Å². The number of carboxylic acids is 1. The van der Waals surface area contributed by atoms with Crippen LogP contribution in [-0.4, -0.2) is 74.6 Å². The summed E-state index contributed by atoms with van der Waals surface area (Å²) in [6, 6.07) is 4.22. The molecule has 0 atom stereocenters. The number of sulfonamides is 1. The van der Waals surface area contributed by atoms with Gasteiger partial charge in [-0.1, -0.05) is 0 Å². The molecule has 9 nitrogen and oxygen atoms in total. The minimum Gasteiger partial charge on any atom is -0.495 e. The fourth-order valence-electron chi connectivity index (χ4n) is 2.30.